The van der Waals surface area contributed by atoms with Gasteiger partial charge in [0.05, 0.1) is 0 Å². The van der Waals surface area contributed by atoms with Crippen LogP contribution in [0.5, 0.6) is 0 Å². The van der Waals surface area contributed by atoms with E-state index in [0.29, 0.717) is 11.7 Å². The van der Waals surface area contributed by atoms with Gasteiger partial charge in [0.2, 0.25) is 0 Å². The number of hydrogen-bond donors (Lipinski definition) is 0. The second-order valence-electron chi connectivity index (χ2n) is 5.07. The average molecular weight is 202 g/mol. The lowest BCUT2D eigenvalue weighted by molar-refractivity contribution is -0.142. The van der Waals surface area contributed by atoms with Crippen molar-refractivity contribution in [3.8, 4) is 0 Å². The molecule has 1 atom stereocenters. The molecule has 0 N–H and O–H groups in total. The zero-order valence-corrected chi connectivity index (χ0v) is 9.49. The van der Waals surface area contributed by atoms with Crippen LogP contribution in [0.3, 0.4) is 0 Å². The van der Waals surface area contributed by atoms with Gasteiger partial charge in [-0.25, -0.2) is 0 Å². The molecule has 0 aliphatic heterocycles. The first-order valence-electron chi connectivity index (χ1n) is 5.68. The van der Waals surface area contributed by atoms with Gasteiger partial charge in [-0.1, -0.05) is 44.2 Å². The van der Waals surface area contributed by atoms with Crippen molar-refractivity contribution in [2.24, 2.45) is 11.3 Å². The molecule has 0 amide bonds. The van der Waals surface area contributed by atoms with E-state index in [2.05, 4.69) is 38.1 Å². The fourth-order valence-electron chi connectivity index (χ4n) is 2.29. The minimum atomic E-state index is -0.0607. The zero-order chi connectivity index (χ0) is 10.9. The molecule has 80 valence electrons. The van der Waals surface area contributed by atoms with Crippen molar-refractivity contribution in [3.05, 3.63) is 35.9 Å². The van der Waals surface area contributed by atoms with Crippen molar-refractivity contribution in [1.29, 1.82) is 0 Å². The number of ketones is 1. The van der Waals surface area contributed by atoms with E-state index < -0.39 is 0 Å². The van der Waals surface area contributed by atoms with E-state index in [9.17, 15) is 4.79 Å². The monoisotopic (exact) mass is 202 g/mol. The molecule has 1 aromatic carbocycles. The summed E-state index contributed by atoms with van der Waals surface area (Å²) in [7, 11) is 0. The molecule has 1 unspecified atom stereocenters. The Morgan fingerprint density at radius 1 is 1.27 bits per heavy atom. The molecule has 1 aliphatic carbocycles. The van der Waals surface area contributed by atoms with Crippen molar-refractivity contribution < 1.29 is 4.79 Å². The Morgan fingerprint density at radius 3 is 2.47 bits per heavy atom. The van der Waals surface area contributed by atoms with Gasteiger partial charge in [-0.05, 0) is 24.3 Å². The van der Waals surface area contributed by atoms with Crippen LogP contribution in [-0.2, 0) is 11.2 Å². The van der Waals surface area contributed by atoms with Gasteiger partial charge < -0.3 is 0 Å². The van der Waals surface area contributed by atoms with Crippen LogP contribution in [0.1, 0.15) is 32.3 Å². The van der Waals surface area contributed by atoms with E-state index in [-0.39, 0.29) is 5.41 Å². The topological polar surface area (TPSA) is 17.1 Å². The predicted octanol–water partition coefficient (Wildman–Crippen LogP) is 3.23. The van der Waals surface area contributed by atoms with Crippen molar-refractivity contribution in [2.75, 3.05) is 0 Å². The predicted molar refractivity (Wildman–Crippen MR) is 61.7 cm³/mol. The van der Waals surface area contributed by atoms with Gasteiger partial charge >= 0.3 is 0 Å². The van der Waals surface area contributed by atoms with Gasteiger partial charge in [0.1, 0.15) is 5.78 Å². The van der Waals surface area contributed by atoms with Crippen molar-refractivity contribution in [3.63, 3.8) is 0 Å². The summed E-state index contributed by atoms with van der Waals surface area (Å²) in [5, 5.41) is 0. The van der Waals surface area contributed by atoms with Crippen LogP contribution in [0.25, 0.3) is 0 Å². The molecule has 2 rings (SSSR count). The third-order valence-electron chi connectivity index (χ3n) is 3.80. The summed E-state index contributed by atoms with van der Waals surface area (Å²) in [4.78, 5) is 11.4. The lowest BCUT2D eigenvalue weighted by Crippen LogP contribution is -2.45. The maximum Gasteiger partial charge on any atom is 0.139 e. The number of hydrogen-bond acceptors (Lipinski definition) is 1. The van der Waals surface area contributed by atoms with Gasteiger partial charge in [-0.2, -0.15) is 0 Å². The first-order chi connectivity index (χ1) is 7.10. The SMILES string of the molecule is CC1(C)C(=O)CC1CCc1ccccc1. The summed E-state index contributed by atoms with van der Waals surface area (Å²) in [6.07, 6.45) is 3.03. The van der Waals surface area contributed by atoms with Crippen molar-refractivity contribution >= 4 is 5.78 Å². The van der Waals surface area contributed by atoms with Gasteiger partial charge in [0.15, 0.2) is 0 Å². The number of rotatable bonds is 3. The van der Waals surface area contributed by atoms with Crippen LogP contribution < -0.4 is 0 Å². The summed E-state index contributed by atoms with van der Waals surface area (Å²) >= 11 is 0. The summed E-state index contributed by atoms with van der Waals surface area (Å²) in [5.41, 5.74) is 1.32. The highest BCUT2D eigenvalue weighted by Gasteiger charge is 2.46. The molecule has 1 saturated carbocycles. The van der Waals surface area contributed by atoms with E-state index in [1.807, 2.05) is 6.07 Å². The van der Waals surface area contributed by atoms with E-state index in [0.717, 1.165) is 19.3 Å². The highest BCUT2D eigenvalue weighted by Crippen LogP contribution is 2.44. The second kappa shape index (κ2) is 3.80. The Hall–Kier alpha value is -1.11. The van der Waals surface area contributed by atoms with Gasteiger partial charge in [-0.15, -0.1) is 0 Å². The Bertz CT molecular complexity index is 351. The number of benzene rings is 1. The quantitative estimate of drug-likeness (QED) is 0.735. The molecule has 0 bridgehead atoms. The fourth-order valence-corrected chi connectivity index (χ4v) is 2.29. The molecule has 0 aromatic heterocycles. The van der Waals surface area contributed by atoms with Crippen LogP contribution in [0.4, 0.5) is 0 Å². The molecule has 1 aliphatic rings. The number of Topliss-reactive ketones (excluding diaryl/α,β-unsaturated/α-hetero) is 1. The normalized spacial score (nSPS) is 23.6. The largest absolute Gasteiger partial charge is 0.299 e. The molecule has 1 heteroatoms. The Kier molecular flexibility index (Phi) is 2.64. The highest BCUT2D eigenvalue weighted by atomic mass is 16.1. The molecule has 1 fully saturated rings. The fraction of sp³-hybridized carbons (Fsp3) is 0.500. The molecule has 0 heterocycles. The number of aryl methyl sites for hydroxylation is 1. The first kappa shape index (κ1) is 10.4. The number of carbonyl (C=O) groups is 1. The molecular weight excluding hydrogens is 184 g/mol. The summed E-state index contributed by atoms with van der Waals surface area (Å²) in [6.45, 7) is 4.16. The van der Waals surface area contributed by atoms with Gasteiger partial charge in [-0.3, -0.25) is 4.79 Å². The first-order valence-corrected chi connectivity index (χ1v) is 5.68. The van der Waals surface area contributed by atoms with E-state index in [1.54, 1.807) is 0 Å². The summed E-state index contributed by atoms with van der Waals surface area (Å²) < 4.78 is 0. The summed E-state index contributed by atoms with van der Waals surface area (Å²) in [5.74, 6) is 1.02. The Labute approximate surface area is 91.5 Å². The lowest BCUT2D eigenvalue weighted by Gasteiger charge is -2.42. The minimum Gasteiger partial charge on any atom is -0.299 e. The molecule has 1 nitrogen and oxygen atoms in total. The van der Waals surface area contributed by atoms with E-state index in [4.69, 9.17) is 0 Å². The van der Waals surface area contributed by atoms with Crippen LogP contribution in [0.2, 0.25) is 0 Å². The van der Waals surface area contributed by atoms with Crippen LogP contribution in [0.15, 0.2) is 30.3 Å². The van der Waals surface area contributed by atoms with E-state index >= 15 is 0 Å². The smallest absolute Gasteiger partial charge is 0.139 e. The van der Waals surface area contributed by atoms with E-state index in [1.165, 1.54) is 5.56 Å². The van der Waals surface area contributed by atoms with Crippen LogP contribution in [0, 0.1) is 11.3 Å². The molecule has 0 saturated heterocycles. The van der Waals surface area contributed by atoms with Crippen molar-refractivity contribution in [2.45, 2.75) is 33.1 Å². The van der Waals surface area contributed by atoms with Crippen LogP contribution in [-0.4, -0.2) is 5.78 Å². The molecule has 15 heavy (non-hydrogen) atoms. The lowest BCUT2D eigenvalue weighted by atomic mass is 9.60. The molecule has 1 aromatic rings. The minimum absolute atomic E-state index is 0.0607. The van der Waals surface area contributed by atoms with Gasteiger partial charge in [0, 0.05) is 11.8 Å². The Balaban J connectivity index is 1.88. The molecule has 0 radical (unpaired) electrons. The zero-order valence-electron chi connectivity index (χ0n) is 9.49. The maximum atomic E-state index is 11.4. The second-order valence-corrected chi connectivity index (χ2v) is 5.07. The standard InChI is InChI=1S/C14H18O/c1-14(2)12(10-13(14)15)9-8-11-6-4-3-5-7-11/h3-7,12H,8-10H2,1-2H3. The maximum absolute atomic E-state index is 11.4. The summed E-state index contributed by atoms with van der Waals surface area (Å²) in [6, 6.07) is 10.5. The third-order valence-corrected chi connectivity index (χ3v) is 3.80. The van der Waals surface area contributed by atoms with Crippen LogP contribution >= 0.6 is 0 Å². The van der Waals surface area contributed by atoms with Crippen molar-refractivity contribution in [1.82, 2.24) is 0 Å². The average Bonchev–Trinajstić information content (AvgIpc) is 2.25. The van der Waals surface area contributed by atoms with Gasteiger partial charge in [0.25, 0.3) is 0 Å². The number of carbonyl (C=O) groups excluding carboxylic acids is 1. The third kappa shape index (κ3) is 1.97. The molecule has 0 spiro atoms. The molecular formula is C14H18O. The Morgan fingerprint density at radius 2 is 1.93 bits per heavy atom. The highest BCUT2D eigenvalue weighted by molar-refractivity contribution is 5.90.